The van der Waals surface area contributed by atoms with Crippen LogP contribution in [0.2, 0.25) is 0 Å². The molecule has 0 amide bonds. The Kier molecular flexibility index (Phi) is 6.95. The maximum Gasteiger partial charge on any atom is 0.330 e. The summed E-state index contributed by atoms with van der Waals surface area (Å²) < 4.78 is 53.1. The quantitative estimate of drug-likeness (QED) is 0.708. The van der Waals surface area contributed by atoms with Crippen molar-refractivity contribution in [1.82, 2.24) is 0 Å². The van der Waals surface area contributed by atoms with E-state index >= 15 is 0 Å². The van der Waals surface area contributed by atoms with E-state index in [0.29, 0.717) is 12.8 Å². The fourth-order valence-corrected chi connectivity index (χ4v) is 1.66. The van der Waals surface area contributed by atoms with Gasteiger partial charge in [-0.2, -0.15) is 8.78 Å². The zero-order chi connectivity index (χ0) is 15.0. The summed E-state index contributed by atoms with van der Waals surface area (Å²) in [6.45, 7) is -1.74. The molecule has 6 heteroatoms. The van der Waals surface area contributed by atoms with Crippen molar-refractivity contribution in [2.45, 2.75) is 37.7 Å². The third-order valence-corrected chi connectivity index (χ3v) is 2.77. The molecule has 1 rings (SSSR count). The van der Waals surface area contributed by atoms with Gasteiger partial charge in [0.25, 0.3) is 0 Å². The Labute approximate surface area is 115 Å². The summed E-state index contributed by atoms with van der Waals surface area (Å²) >= 11 is 0. The van der Waals surface area contributed by atoms with Gasteiger partial charge in [-0.1, -0.05) is 30.3 Å². The normalized spacial score (nSPS) is 13.7. The minimum Gasteiger partial charge on any atom is -0.391 e. The van der Waals surface area contributed by atoms with E-state index in [4.69, 9.17) is 0 Å². The highest BCUT2D eigenvalue weighted by Gasteiger charge is 2.41. The maximum atomic E-state index is 12.5. The molecule has 0 aliphatic carbocycles. The molecule has 0 aliphatic rings. The van der Waals surface area contributed by atoms with Crippen LogP contribution < -0.4 is 0 Å². The topological polar surface area (TPSA) is 29.5 Å². The zero-order valence-corrected chi connectivity index (χ0v) is 10.9. The Balaban J connectivity index is 2.13. The molecule has 0 bridgehead atoms. The zero-order valence-electron chi connectivity index (χ0n) is 10.9. The Bertz CT molecular complexity index is 371. The lowest BCUT2D eigenvalue weighted by Gasteiger charge is -2.17. The summed E-state index contributed by atoms with van der Waals surface area (Å²) in [7, 11) is 0. The first-order valence-electron chi connectivity index (χ1n) is 6.37. The molecule has 0 aliphatic heterocycles. The molecule has 1 N–H and O–H groups in total. The number of aliphatic hydroxyl groups excluding tert-OH is 1. The van der Waals surface area contributed by atoms with Crippen molar-refractivity contribution in [3.05, 3.63) is 35.9 Å². The van der Waals surface area contributed by atoms with E-state index in [1.807, 2.05) is 30.3 Å². The van der Waals surface area contributed by atoms with Crippen LogP contribution in [0, 0.1) is 0 Å². The second-order valence-electron chi connectivity index (χ2n) is 4.61. The fourth-order valence-electron chi connectivity index (χ4n) is 1.66. The molecule has 1 atom stereocenters. The van der Waals surface area contributed by atoms with Crippen LogP contribution in [0.5, 0.6) is 0 Å². The monoisotopic (exact) mass is 294 g/mol. The van der Waals surface area contributed by atoms with Gasteiger partial charge < -0.3 is 9.84 Å². The van der Waals surface area contributed by atoms with Gasteiger partial charge in [-0.25, -0.2) is 8.78 Å². The molecular formula is C14H18F4O2. The minimum atomic E-state index is -4.16. The van der Waals surface area contributed by atoms with Gasteiger partial charge in [0.15, 0.2) is 0 Å². The molecule has 20 heavy (non-hydrogen) atoms. The highest BCUT2D eigenvalue weighted by molar-refractivity contribution is 5.14. The lowest BCUT2D eigenvalue weighted by molar-refractivity contribution is -0.170. The maximum absolute atomic E-state index is 12.5. The molecule has 1 aromatic carbocycles. The van der Waals surface area contributed by atoms with Crippen LogP contribution in [0.3, 0.4) is 0 Å². The van der Waals surface area contributed by atoms with Gasteiger partial charge in [0.05, 0.1) is 12.7 Å². The molecule has 0 spiro atoms. The van der Waals surface area contributed by atoms with E-state index in [-0.39, 0.29) is 6.61 Å². The predicted molar refractivity (Wildman–Crippen MR) is 67.2 cm³/mol. The van der Waals surface area contributed by atoms with E-state index in [2.05, 4.69) is 4.74 Å². The Morgan fingerprint density at radius 3 is 2.40 bits per heavy atom. The van der Waals surface area contributed by atoms with Crippen molar-refractivity contribution < 1.29 is 27.4 Å². The summed E-state index contributed by atoms with van der Waals surface area (Å²) in [5, 5.41) is 9.51. The Morgan fingerprint density at radius 2 is 1.80 bits per heavy atom. The van der Waals surface area contributed by atoms with Crippen molar-refractivity contribution in [2.75, 3.05) is 13.2 Å². The van der Waals surface area contributed by atoms with Crippen LogP contribution in [0.4, 0.5) is 17.6 Å². The van der Waals surface area contributed by atoms with Crippen molar-refractivity contribution in [3.63, 3.8) is 0 Å². The third-order valence-electron chi connectivity index (χ3n) is 2.77. The number of hydrogen-bond donors (Lipinski definition) is 1. The standard InChI is InChI=1S/C14H18F4O2/c15-13(16)14(17,18)10-20-9-12(19)8-4-7-11-5-2-1-3-6-11/h1-3,5-6,12-13,19H,4,7-10H2. The van der Waals surface area contributed by atoms with Gasteiger partial charge in [0.2, 0.25) is 0 Å². The highest BCUT2D eigenvalue weighted by atomic mass is 19.3. The average Bonchev–Trinajstić information content (AvgIpc) is 2.39. The molecule has 0 saturated carbocycles. The first kappa shape index (κ1) is 16.9. The first-order valence-corrected chi connectivity index (χ1v) is 6.37. The largest absolute Gasteiger partial charge is 0.391 e. The van der Waals surface area contributed by atoms with Crippen molar-refractivity contribution in [1.29, 1.82) is 0 Å². The second kappa shape index (κ2) is 8.21. The molecule has 0 aromatic heterocycles. The molecule has 0 heterocycles. The van der Waals surface area contributed by atoms with Crippen LogP contribution in [-0.2, 0) is 11.2 Å². The number of halogens is 4. The smallest absolute Gasteiger partial charge is 0.330 e. The summed E-state index contributed by atoms with van der Waals surface area (Å²) in [6, 6.07) is 9.61. The van der Waals surface area contributed by atoms with Crippen LogP contribution >= 0.6 is 0 Å². The van der Waals surface area contributed by atoms with E-state index in [0.717, 1.165) is 12.0 Å². The molecule has 0 fully saturated rings. The van der Waals surface area contributed by atoms with Crippen LogP contribution in [0.25, 0.3) is 0 Å². The van der Waals surface area contributed by atoms with Gasteiger partial charge in [-0.3, -0.25) is 0 Å². The lowest BCUT2D eigenvalue weighted by atomic mass is 10.1. The fraction of sp³-hybridized carbons (Fsp3) is 0.571. The number of benzene rings is 1. The minimum absolute atomic E-state index is 0.364. The number of hydrogen-bond acceptors (Lipinski definition) is 2. The number of rotatable bonds is 9. The SMILES string of the molecule is OC(CCCc1ccccc1)COCC(F)(F)C(F)F. The second-order valence-corrected chi connectivity index (χ2v) is 4.61. The van der Waals surface area contributed by atoms with E-state index in [1.165, 1.54) is 0 Å². The number of alkyl halides is 4. The average molecular weight is 294 g/mol. The summed E-state index contributed by atoms with van der Waals surface area (Å²) in [6.07, 6.45) is -2.88. The predicted octanol–water partition coefficient (Wildman–Crippen LogP) is 3.29. The Morgan fingerprint density at radius 1 is 1.15 bits per heavy atom. The van der Waals surface area contributed by atoms with Gasteiger partial charge in [0.1, 0.15) is 6.61 Å². The summed E-state index contributed by atoms with van der Waals surface area (Å²) in [5.74, 6) is -4.16. The van der Waals surface area contributed by atoms with Crippen LogP contribution in [0.1, 0.15) is 18.4 Å². The third kappa shape index (κ3) is 6.34. The van der Waals surface area contributed by atoms with Gasteiger partial charge in [-0.15, -0.1) is 0 Å². The van der Waals surface area contributed by atoms with Crippen molar-refractivity contribution in [2.24, 2.45) is 0 Å². The number of ether oxygens (including phenoxy) is 1. The first-order chi connectivity index (χ1) is 9.42. The van der Waals surface area contributed by atoms with Crippen molar-refractivity contribution in [3.8, 4) is 0 Å². The molecule has 0 saturated heterocycles. The van der Waals surface area contributed by atoms with E-state index in [9.17, 15) is 22.7 Å². The highest BCUT2D eigenvalue weighted by Crippen LogP contribution is 2.22. The summed E-state index contributed by atoms with van der Waals surface area (Å²) in [4.78, 5) is 0. The lowest BCUT2D eigenvalue weighted by Crippen LogP contribution is -2.33. The Hall–Kier alpha value is -1.14. The number of aliphatic hydroxyl groups is 1. The van der Waals surface area contributed by atoms with E-state index in [1.54, 1.807) is 0 Å². The molecule has 1 unspecified atom stereocenters. The van der Waals surface area contributed by atoms with Gasteiger partial charge in [-0.05, 0) is 24.8 Å². The van der Waals surface area contributed by atoms with Gasteiger partial charge >= 0.3 is 12.3 Å². The molecule has 2 nitrogen and oxygen atoms in total. The molecule has 0 radical (unpaired) electrons. The van der Waals surface area contributed by atoms with Crippen LogP contribution in [0.15, 0.2) is 30.3 Å². The summed E-state index contributed by atoms with van der Waals surface area (Å²) in [5.41, 5.74) is 1.12. The number of aryl methyl sites for hydroxylation is 1. The molecule has 114 valence electrons. The van der Waals surface area contributed by atoms with Crippen molar-refractivity contribution >= 4 is 0 Å². The molecular weight excluding hydrogens is 276 g/mol. The van der Waals surface area contributed by atoms with Crippen LogP contribution in [-0.4, -0.2) is 36.8 Å². The molecule has 1 aromatic rings. The van der Waals surface area contributed by atoms with E-state index < -0.39 is 25.1 Å². The van der Waals surface area contributed by atoms with Gasteiger partial charge in [0, 0.05) is 0 Å².